The Kier molecular flexibility index (Phi) is 6.45. The number of nitrogens with zero attached hydrogens (tertiary/aromatic N) is 4. The van der Waals surface area contributed by atoms with Gasteiger partial charge in [-0.15, -0.1) is 0 Å². The molecule has 0 saturated carbocycles. The molecule has 3 aromatic rings. The van der Waals surface area contributed by atoms with Crippen LogP contribution in [0.15, 0.2) is 54.6 Å². The molecule has 0 spiro atoms. The van der Waals surface area contributed by atoms with E-state index in [1.54, 1.807) is 6.07 Å². The minimum atomic E-state index is 0.551. The van der Waals surface area contributed by atoms with Crippen molar-refractivity contribution < 1.29 is 4.74 Å². The molecule has 4 rings (SSSR count). The van der Waals surface area contributed by atoms with Crippen molar-refractivity contribution in [2.45, 2.75) is 6.92 Å². The summed E-state index contributed by atoms with van der Waals surface area (Å²) in [6.45, 7) is 5.57. The van der Waals surface area contributed by atoms with Gasteiger partial charge in [0.1, 0.15) is 17.5 Å². The Morgan fingerprint density at radius 3 is 2.48 bits per heavy atom. The number of aryl methyl sites for hydroxylation is 1. The minimum Gasteiger partial charge on any atom is -0.378 e. The Balaban J connectivity index is 1.34. The van der Waals surface area contributed by atoms with E-state index in [1.807, 2.05) is 55.5 Å². The third-order valence-corrected chi connectivity index (χ3v) is 4.89. The monoisotopic (exact) mass is 415 g/mol. The summed E-state index contributed by atoms with van der Waals surface area (Å²) in [7, 11) is 0. The third-order valence-electron chi connectivity index (χ3n) is 4.89. The van der Waals surface area contributed by atoms with Gasteiger partial charge in [0.25, 0.3) is 0 Å². The first-order valence-electron chi connectivity index (χ1n) is 10.2. The molecule has 8 nitrogen and oxygen atoms in total. The maximum Gasteiger partial charge on any atom is 0.136 e. The van der Waals surface area contributed by atoms with E-state index in [0.29, 0.717) is 12.2 Å². The second-order valence-electron chi connectivity index (χ2n) is 7.18. The van der Waals surface area contributed by atoms with Crippen LogP contribution >= 0.6 is 0 Å². The maximum absolute atomic E-state index is 8.98. The molecule has 0 amide bonds. The third kappa shape index (κ3) is 5.62. The van der Waals surface area contributed by atoms with Gasteiger partial charge in [-0.3, -0.25) is 0 Å². The highest BCUT2D eigenvalue weighted by Crippen LogP contribution is 2.22. The van der Waals surface area contributed by atoms with Crippen LogP contribution in [-0.2, 0) is 4.74 Å². The summed E-state index contributed by atoms with van der Waals surface area (Å²) in [5.41, 5.74) is 3.48. The largest absolute Gasteiger partial charge is 0.378 e. The molecule has 2 heterocycles. The molecule has 8 heteroatoms. The van der Waals surface area contributed by atoms with Gasteiger partial charge in [-0.2, -0.15) is 5.26 Å². The fourth-order valence-corrected chi connectivity index (χ4v) is 3.34. The van der Waals surface area contributed by atoms with Gasteiger partial charge >= 0.3 is 0 Å². The van der Waals surface area contributed by atoms with Crippen molar-refractivity contribution in [1.82, 2.24) is 9.97 Å². The van der Waals surface area contributed by atoms with Crippen LogP contribution in [0.25, 0.3) is 0 Å². The normalized spacial score (nSPS) is 13.4. The summed E-state index contributed by atoms with van der Waals surface area (Å²) in [6, 6.07) is 19.5. The number of rotatable bonds is 7. The van der Waals surface area contributed by atoms with Gasteiger partial charge in [-0.25, -0.2) is 9.97 Å². The smallest absolute Gasteiger partial charge is 0.136 e. The van der Waals surface area contributed by atoms with Gasteiger partial charge in [-0.1, -0.05) is 6.07 Å². The molecule has 0 unspecified atom stereocenters. The molecule has 1 aliphatic rings. The Bertz CT molecular complexity index is 1060. The number of hydrogen-bond acceptors (Lipinski definition) is 8. The van der Waals surface area contributed by atoms with Crippen molar-refractivity contribution in [3.8, 4) is 6.07 Å². The fourth-order valence-electron chi connectivity index (χ4n) is 3.34. The predicted octanol–water partition coefficient (Wildman–Crippen LogP) is 3.72. The highest BCUT2D eigenvalue weighted by atomic mass is 16.5. The second-order valence-corrected chi connectivity index (χ2v) is 7.18. The molecule has 0 aliphatic carbocycles. The molecular formula is C23H25N7O. The van der Waals surface area contributed by atoms with Crippen LogP contribution < -0.4 is 20.9 Å². The zero-order valence-electron chi connectivity index (χ0n) is 17.4. The lowest BCUT2D eigenvalue weighted by Gasteiger charge is -2.28. The van der Waals surface area contributed by atoms with E-state index < -0.39 is 0 Å². The van der Waals surface area contributed by atoms with Crippen molar-refractivity contribution >= 4 is 28.7 Å². The highest BCUT2D eigenvalue weighted by molar-refractivity contribution is 5.62. The quantitative estimate of drug-likeness (QED) is 0.502. The van der Waals surface area contributed by atoms with Gasteiger partial charge in [0.05, 0.1) is 31.5 Å². The minimum absolute atomic E-state index is 0.551. The molecule has 0 atom stereocenters. The molecule has 1 saturated heterocycles. The van der Waals surface area contributed by atoms with Crippen molar-refractivity contribution in [1.29, 1.82) is 5.26 Å². The summed E-state index contributed by atoms with van der Waals surface area (Å²) in [5, 5.41) is 18.9. The number of benzene rings is 2. The first-order valence-corrected chi connectivity index (χ1v) is 10.2. The number of anilines is 5. The van der Waals surface area contributed by atoms with E-state index in [0.717, 1.165) is 60.8 Å². The van der Waals surface area contributed by atoms with Crippen LogP contribution in [-0.4, -0.2) is 42.9 Å². The van der Waals surface area contributed by atoms with E-state index in [9.17, 15) is 0 Å². The van der Waals surface area contributed by atoms with E-state index in [1.165, 1.54) is 0 Å². The number of hydrogen-bond donors (Lipinski definition) is 3. The Morgan fingerprint density at radius 2 is 1.71 bits per heavy atom. The summed E-state index contributed by atoms with van der Waals surface area (Å²) < 4.78 is 5.43. The Labute approximate surface area is 181 Å². The topological polar surface area (TPSA) is 98.1 Å². The molecule has 3 N–H and O–H groups in total. The number of aromatic nitrogens is 2. The van der Waals surface area contributed by atoms with Gasteiger partial charge in [0.2, 0.25) is 0 Å². The van der Waals surface area contributed by atoms with Crippen LogP contribution in [0.5, 0.6) is 0 Å². The summed E-state index contributed by atoms with van der Waals surface area (Å²) in [5.74, 6) is 2.42. The van der Waals surface area contributed by atoms with Gasteiger partial charge in [0.15, 0.2) is 0 Å². The zero-order valence-corrected chi connectivity index (χ0v) is 17.4. The van der Waals surface area contributed by atoms with Crippen LogP contribution in [0.2, 0.25) is 0 Å². The standard InChI is InChI=1S/C23H25N7O/c1-17-27-22(14-23(28-17)30-9-11-31-12-10-30)29-20-7-5-19(6-8-20)25-16-26-21-4-2-3-18(13-21)15-24/h2-8,13-14,25-26H,9-12,16H2,1H3,(H,27,28,29). The predicted molar refractivity (Wildman–Crippen MR) is 123 cm³/mol. The molecule has 158 valence electrons. The average molecular weight is 416 g/mol. The molecule has 0 radical (unpaired) electrons. The van der Waals surface area contributed by atoms with Crippen molar-refractivity contribution in [2.75, 3.05) is 53.8 Å². The molecular weight excluding hydrogens is 390 g/mol. The Morgan fingerprint density at radius 1 is 0.968 bits per heavy atom. The summed E-state index contributed by atoms with van der Waals surface area (Å²) >= 11 is 0. The van der Waals surface area contributed by atoms with Crippen molar-refractivity contribution in [3.05, 3.63) is 66.0 Å². The van der Waals surface area contributed by atoms with E-state index in [4.69, 9.17) is 10.00 Å². The highest BCUT2D eigenvalue weighted by Gasteiger charge is 2.14. The number of nitriles is 1. The van der Waals surface area contributed by atoms with Gasteiger partial charge in [0, 0.05) is 36.2 Å². The van der Waals surface area contributed by atoms with E-state index in [2.05, 4.69) is 36.9 Å². The first kappa shape index (κ1) is 20.4. The van der Waals surface area contributed by atoms with Crippen LogP contribution in [0.1, 0.15) is 11.4 Å². The number of nitrogens with one attached hydrogen (secondary N) is 3. The summed E-state index contributed by atoms with van der Waals surface area (Å²) in [6.07, 6.45) is 0. The average Bonchev–Trinajstić information content (AvgIpc) is 2.80. The molecule has 1 aliphatic heterocycles. The van der Waals surface area contributed by atoms with Crippen LogP contribution in [0, 0.1) is 18.3 Å². The van der Waals surface area contributed by atoms with Crippen LogP contribution in [0.4, 0.5) is 28.7 Å². The maximum atomic E-state index is 8.98. The van der Waals surface area contributed by atoms with Gasteiger partial charge < -0.3 is 25.6 Å². The second kappa shape index (κ2) is 9.78. The summed E-state index contributed by atoms with van der Waals surface area (Å²) in [4.78, 5) is 11.3. The SMILES string of the molecule is Cc1nc(Nc2ccc(NCNc3cccc(C#N)c3)cc2)cc(N2CCOCC2)n1. The lowest BCUT2D eigenvalue weighted by molar-refractivity contribution is 0.122. The molecule has 31 heavy (non-hydrogen) atoms. The molecule has 1 aromatic heterocycles. The first-order chi connectivity index (χ1) is 15.2. The van der Waals surface area contributed by atoms with Gasteiger partial charge in [-0.05, 0) is 49.4 Å². The van der Waals surface area contributed by atoms with E-state index in [-0.39, 0.29) is 0 Å². The lowest BCUT2D eigenvalue weighted by atomic mass is 10.2. The molecule has 1 fully saturated rings. The van der Waals surface area contributed by atoms with Crippen molar-refractivity contribution in [3.63, 3.8) is 0 Å². The molecule has 0 bridgehead atoms. The lowest BCUT2D eigenvalue weighted by Crippen LogP contribution is -2.36. The van der Waals surface area contributed by atoms with Crippen LogP contribution in [0.3, 0.4) is 0 Å². The number of ether oxygens (including phenoxy) is 1. The van der Waals surface area contributed by atoms with Crippen molar-refractivity contribution in [2.24, 2.45) is 0 Å². The zero-order chi connectivity index (χ0) is 21.5. The number of morpholine rings is 1. The molecule has 2 aromatic carbocycles. The van der Waals surface area contributed by atoms with E-state index >= 15 is 0 Å². The fraction of sp³-hybridized carbons (Fsp3) is 0.261. The Hall–Kier alpha value is -3.83.